The lowest BCUT2D eigenvalue weighted by molar-refractivity contribution is -0.108. The standard InChI is InChI=1S/C13H18O2/c1-10(5-4-8-14)12-7-6-11(2)13(9-12)15-3/h6-10H,4-5H2,1-3H3/t10-/m1/s1. The number of methoxy groups -OCH3 is 1. The molecule has 0 bridgehead atoms. The predicted molar refractivity (Wildman–Crippen MR) is 61.4 cm³/mol. The second kappa shape index (κ2) is 5.54. The zero-order chi connectivity index (χ0) is 11.3. The van der Waals surface area contributed by atoms with E-state index in [-0.39, 0.29) is 0 Å². The molecule has 0 aliphatic carbocycles. The van der Waals surface area contributed by atoms with E-state index >= 15 is 0 Å². The fourth-order valence-corrected chi connectivity index (χ4v) is 1.63. The van der Waals surface area contributed by atoms with Gasteiger partial charge in [0, 0.05) is 6.42 Å². The summed E-state index contributed by atoms with van der Waals surface area (Å²) in [6, 6.07) is 6.23. The number of benzene rings is 1. The summed E-state index contributed by atoms with van der Waals surface area (Å²) < 4.78 is 5.27. The van der Waals surface area contributed by atoms with Gasteiger partial charge in [0.25, 0.3) is 0 Å². The van der Waals surface area contributed by atoms with Crippen molar-refractivity contribution in [3.05, 3.63) is 29.3 Å². The van der Waals surface area contributed by atoms with E-state index in [9.17, 15) is 4.79 Å². The molecule has 0 amide bonds. The lowest BCUT2D eigenvalue weighted by Gasteiger charge is -2.13. The van der Waals surface area contributed by atoms with Crippen molar-refractivity contribution < 1.29 is 9.53 Å². The van der Waals surface area contributed by atoms with E-state index in [2.05, 4.69) is 25.1 Å². The largest absolute Gasteiger partial charge is 0.496 e. The van der Waals surface area contributed by atoms with Crippen LogP contribution in [0, 0.1) is 6.92 Å². The van der Waals surface area contributed by atoms with Crippen molar-refractivity contribution in [2.45, 2.75) is 32.6 Å². The van der Waals surface area contributed by atoms with Crippen LogP contribution in [0.2, 0.25) is 0 Å². The highest BCUT2D eigenvalue weighted by atomic mass is 16.5. The average molecular weight is 206 g/mol. The van der Waals surface area contributed by atoms with E-state index in [1.807, 2.05) is 6.92 Å². The molecule has 1 rings (SSSR count). The fraction of sp³-hybridized carbons (Fsp3) is 0.462. The van der Waals surface area contributed by atoms with Gasteiger partial charge in [-0.1, -0.05) is 19.1 Å². The van der Waals surface area contributed by atoms with Gasteiger partial charge in [-0.3, -0.25) is 0 Å². The van der Waals surface area contributed by atoms with Crippen LogP contribution in [-0.2, 0) is 4.79 Å². The van der Waals surface area contributed by atoms with Gasteiger partial charge in [0.05, 0.1) is 7.11 Å². The molecular formula is C13H18O2. The number of aldehydes is 1. The van der Waals surface area contributed by atoms with Crippen molar-refractivity contribution >= 4 is 6.29 Å². The van der Waals surface area contributed by atoms with Crippen molar-refractivity contribution in [3.8, 4) is 5.75 Å². The Morgan fingerprint density at radius 3 is 2.80 bits per heavy atom. The molecule has 82 valence electrons. The molecule has 1 atom stereocenters. The van der Waals surface area contributed by atoms with Crippen LogP contribution in [0.25, 0.3) is 0 Å². The Morgan fingerprint density at radius 1 is 1.47 bits per heavy atom. The summed E-state index contributed by atoms with van der Waals surface area (Å²) in [5, 5.41) is 0. The van der Waals surface area contributed by atoms with Crippen LogP contribution in [-0.4, -0.2) is 13.4 Å². The predicted octanol–water partition coefficient (Wildman–Crippen LogP) is 3.09. The topological polar surface area (TPSA) is 26.3 Å². The van der Waals surface area contributed by atoms with E-state index < -0.39 is 0 Å². The molecule has 0 fully saturated rings. The van der Waals surface area contributed by atoms with E-state index in [0.29, 0.717) is 12.3 Å². The molecule has 0 aromatic heterocycles. The van der Waals surface area contributed by atoms with Crippen molar-refractivity contribution in [2.75, 3.05) is 7.11 Å². The smallest absolute Gasteiger partial charge is 0.122 e. The minimum atomic E-state index is 0.407. The van der Waals surface area contributed by atoms with E-state index in [0.717, 1.165) is 24.0 Å². The van der Waals surface area contributed by atoms with Gasteiger partial charge >= 0.3 is 0 Å². The van der Waals surface area contributed by atoms with Crippen molar-refractivity contribution in [1.29, 1.82) is 0 Å². The monoisotopic (exact) mass is 206 g/mol. The van der Waals surface area contributed by atoms with Crippen LogP contribution in [0.4, 0.5) is 0 Å². The SMILES string of the molecule is COc1cc([C@H](C)CCC=O)ccc1C. The minimum Gasteiger partial charge on any atom is -0.496 e. The van der Waals surface area contributed by atoms with Gasteiger partial charge in [0.15, 0.2) is 0 Å². The summed E-state index contributed by atoms with van der Waals surface area (Å²) in [7, 11) is 1.68. The third-order valence-electron chi connectivity index (χ3n) is 2.72. The molecule has 0 spiro atoms. The van der Waals surface area contributed by atoms with Crippen molar-refractivity contribution in [1.82, 2.24) is 0 Å². The molecule has 0 radical (unpaired) electrons. The summed E-state index contributed by atoms with van der Waals surface area (Å²) in [5.74, 6) is 1.33. The number of carbonyl (C=O) groups is 1. The molecule has 0 N–H and O–H groups in total. The quantitative estimate of drug-likeness (QED) is 0.692. The molecule has 0 saturated carbocycles. The Bertz CT molecular complexity index is 331. The first kappa shape index (κ1) is 11.8. The molecule has 2 nitrogen and oxygen atoms in total. The lowest BCUT2D eigenvalue weighted by atomic mass is 9.95. The van der Waals surface area contributed by atoms with E-state index in [1.54, 1.807) is 7.11 Å². The summed E-state index contributed by atoms with van der Waals surface area (Å²) in [6.07, 6.45) is 2.50. The molecule has 0 aliphatic rings. The number of hydrogen-bond acceptors (Lipinski definition) is 2. The molecule has 1 aromatic rings. The molecule has 1 aromatic carbocycles. The molecule has 0 heterocycles. The lowest BCUT2D eigenvalue weighted by Crippen LogP contribution is -1.96. The van der Waals surface area contributed by atoms with Gasteiger partial charge in [-0.15, -0.1) is 0 Å². The minimum absolute atomic E-state index is 0.407. The summed E-state index contributed by atoms with van der Waals surface area (Å²) >= 11 is 0. The van der Waals surface area contributed by atoms with Gasteiger partial charge in [-0.2, -0.15) is 0 Å². The number of aryl methyl sites for hydroxylation is 1. The van der Waals surface area contributed by atoms with Gasteiger partial charge in [-0.05, 0) is 36.5 Å². The highest BCUT2D eigenvalue weighted by Gasteiger charge is 2.07. The third-order valence-corrected chi connectivity index (χ3v) is 2.72. The molecule has 0 saturated heterocycles. The summed E-state index contributed by atoms with van der Waals surface area (Å²) in [4.78, 5) is 10.3. The first-order valence-electron chi connectivity index (χ1n) is 5.27. The van der Waals surface area contributed by atoms with Gasteiger partial charge in [0.1, 0.15) is 12.0 Å². The van der Waals surface area contributed by atoms with E-state index in [1.165, 1.54) is 5.56 Å². The second-order valence-electron chi connectivity index (χ2n) is 3.87. The highest BCUT2D eigenvalue weighted by molar-refractivity contribution is 5.49. The molecule has 15 heavy (non-hydrogen) atoms. The second-order valence-corrected chi connectivity index (χ2v) is 3.87. The maximum atomic E-state index is 10.3. The van der Waals surface area contributed by atoms with Crippen LogP contribution in [0.5, 0.6) is 5.75 Å². The molecule has 0 unspecified atom stereocenters. The summed E-state index contributed by atoms with van der Waals surface area (Å²) in [6.45, 7) is 4.16. The van der Waals surface area contributed by atoms with Crippen LogP contribution >= 0.6 is 0 Å². The van der Waals surface area contributed by atoms with Gasteiger partial charge in [0.2, 0.25) is 0 Å². The van der Waals surface area contributed by atoms with Crippen LogP contribution in [0.15, 0.2) is 18.2 Å². The number of rotatable bonds is 5. The fourth-order valence-electron chi connectivity index (χ4n) is 1.63. The Kier molecular flexibility index (Phi) is 4.35. The van der Waals surface area contributed by atoms with Crippen LogP contribution < -0.4 is 4.74 Å². The maximum Gasteiger partial charge on any atom is 0.122 e. The van der Waals surface area contributed by atoms with Gasteiger partial charge in [-0.25, -0.2) is 0 Å². The zero-order valence-electron chi connectivity index (χ0n) is 9.62. The van der Waals surface area contributed by atoms with Crippen LogP contribution in [0.1, 0.15) is 36.8 Å². The summed E-state index contributed by atoms with van der Waals surface area (Å²) in [5.41, 5.74) is 2.38. The highest BCUT2D eigenvalue weighted by Crippen LogP contribution is 2.26. The third kappa shape index (κ3) is 3.08. The number of carbonyl (C=O) groups excluding carboxylic acids is 1. The zero-order valence-corrected chi connectivity index (χ0v) is 9.62. The average Bonchev–Trinajstić information content (AvgIpc) is 2.26. The Morgan fingerprint density at radius 2 is 2.20 bits per heavy atom. The Labute approximate surface area is 91.3 Å². The van der Waals surface area contributed by atoms with Crippen LogP contribution in [0.3, 0.4) is 0 Å². The van der Waals surface area contributed by atoms with Crippen molar-refractivity contribution in [2.24, 2.45) is 0 Å². The van der Waals surface area contributed by atoms with Gasteiger partial charge < -0.3 is 9.53 Å². The Balaban J connectivity index is 2.80. The van der Waals surface area contributed by atoms with Crippen molar-refractivity contribution in [3.63, 3.8) is 0 Å². The molecule has 2 heteroatoms. The number of ether oxygens (including phenoxy) is 1. The normalized spacial score (nSPS) is 12.2. The Hall–Kier alpha value is -1.31. The first-order chi connectivity index (χ1) is 7.19. The molecule has 0 aliphatic heterocycles. The first-order valence-corrected chi connectivity index (χ1v) is 5.27. The molecular weight excluding hydrogens is 188 g/mol. The maximum absolute atomic E-state index is 10.3. The number of hydrogen-bond donors (Lipinski definition) is 0. The van der Waals surface area contributed by atoms with E-state index in [4.69, 9.17) is 4.74 Å².